The molecule has 0 bridgehead atoms. The average Bonchev–Trinajstić information content (AvgIpc) is 2.85. The highest BCUT2D eigenvalue weighted by molar-refractivity contribution is 5.66. The highest BCUT2D eigenvalue weighted by Gasteiger charge is 2.32. The lowest BCUT2D eigenvalue weighted by Gasteiger charge is -2.40. The maximum atomic E-state index is 13.2. The number of nitrogens with one attached hydrogen (secondary N) is 1. The van der Waals surface area contributed by atoms with E-state index in [0.29, 0.717) is 17.9 Å². The van der Waals surface area contributed by atoms with Gasteiger partial charge in [0, 0.05) is 54.8 Å². The van der Waals surface area contributed by atoms with E-state index in [0.717, 1.165) is 47.0 Å². The third-order valence-electron chi connectivity index (χ3n) is 6.47. The molecule has 0 amide bonds. The topological polar surface area (TPSA) is 85.2 Å². The fourth-order valence-corrected chi connectivity index (χ4v) is 4.46. The summed E-state index contributed by atoms with van der Waals surface area (Å²) in [5, 5.41) is 0. The Kier molecular flexibility index (Phi) is 5.60. The van der Waals surface area contributed by atoms with Crippen molar-refractivity contribution in [3.63, 3.8) is 0 Å². The minimum Gasteiger partial charge on any atom is -0.495 e. The van der Waals surface area contributed by atoms with Gasteiger partial charge in [0.2, 0.25) is 0 Å². The van der Waals surface area contributed by atoms with Crippen molar-refractivity contribution in [3.05, 3.63) is 75.5 Å². The Morgan fingerprint density at radius 1 is 1.15 bits per heavy atom. The number of rotatable bonds is 4. The number of ether oxygens (including phenoxy) is 1. The van der Waals surface area contributed by atoms with Crippen LogP contribution in [0.15, 0.2) is 47.2 Å². The summed E-state index contributed by atoms with van der Waals surface area (Å²) < 4.78 is 32.9. The number of halogens is 2. The average molecular weight is 466 g/mol. The van der Waals surface area contributed by atoms with Crippen LogP contribution in [0.4, 0.5) is 8.78 Å². The van der Waals surface area contributed by atoms with Gasteiger partial charge < -0.3 is 4.74 Å². The first-order valence-electron chi connectivity index (χ1n) is 10.9. The van der Waals surface area contributed by atoms with Gasteiger partial charge >= 0.3 is 0 Å². The molecule has 3 aromatic rings. The smallest absolute Gasteiger partial charge is 0.280 e. The van der Waals surface area contributed by atoms with Crippen LogP contribution in [0.3, 0.4) is 0 Å². The van der Waals surface area contributed by atoms with Gasteiger partial charge in [-0.15, -0.1) is 0 Å². The fourth-order valence-electron chi connectivity index (χ4n) is 4.46. The van der Waals surface area contributed by atoms with E-state index < -0.39 is 17.7 Å². The summed E-state index contributed by atoms with van der Waals surface area (Å²) in [5.74, 6) is 0.899. The van der Waals surface area contributed by atoms with Crippen molar-refractivity contribution in [2.24, 2.45) is 0 Å². The molecule has 0 aliphatic carbocycles. The quantitative estimate of drug-likeness (QED) is 0.631. The van der Waals surface area contributed by atoms with Crippen LogP contribution in [-0.2, 0) is 13.0 Å². The van der Waals surface area contributed by atoms with Crippen LogP contribution in [0.25, 0.3) is 16.7 Å². The van der Waals surface area contributed by atoms with Crippen molar-refractivity contribution < 1.29 is 13.5 Å². The van der Waals surface area contributed by atoms with E-state index in [2.05, 4.69) is 31.3 Å². The van der Waals surface area contributed by atoms with Gasteiger partial charge in [0.1, 0.15) is 17.6 Å². The summed E-state index contributed by atoms with van der Waals surface area (Å²) in [6, 6.07) is 4.91. The van der Waals surface area contributed by atoms with Gasteiger partial charge in [-0.25, -0.2) is 18.4 Å². The van der Waals surface area contributed by atoms with Crippen molar-refractivity contribution in [2.45, 2.75) is 39.4 Å². The van der Waals surface area contributed by atoms with Crippen LogP contribution in [0.2, 0.25) is 0 Å². The van der Waals surface area contributed by atoms with Crippen LogP contribution in [-0.4, -0.2) is 44.3 Å². The Hall–Kier alpha value is -3.66. The SMILES string of the molecule is COc1cncc(-c2cnc3c(c2)CN(C2Nn4c(nc(C(F)F)cc4=O)C(C)=C2C)CC3)c1. The Balaban J connectivity index is 1.46. The van der Waals surface area contributed by atoms with Crippen molar-refractivity contribution in [1.82, 2.24) is 24.5 Å². The molecule has 10 heteroatoms. The number of aromatic nitrogens is 4. The van der Waals surface area contributed by atoms with Crippen molar-refractivity contribution >= 4 is 5.57 Å². The molecule has 8 nitrogen and oxygen atoms in total. The first kappa shape index (κ1) is 22.1. The molecule has 1 N–H and O–H groups in total. The van der Waals surface area contributed by atoms with Gasteiger partial charge in [-0.2, -0.15) is 0 Å². The first-order valence-corrected chi connectivity index (χ1v) is 10.9. The van der Waals surface area contributed by atoms with E-state index in [1.54, 1.807) is 19.5 Å². The van der Waals surface area contributed by atoms with E-state index in [1.165, 1.54) is 4.68 Å². The Labute approximate surface area is 194 Å². The van der Waals surface area contributed by atoms with Crippen LogP contribution in [0, 0.1) is 0 Å². The molecule has 0 aromatic carbocycles. The molecule has 3 aromatic heterocycles. The lowest BCUT2D eigenvalue weighted by Crippen LogP contribution is -2.52. The summed E-state index contributed by atoms with van der Waals surface area (Å²) in [6.07, 6.45) is 2.95. The molecule has 0 spiro atoms. The Bertz CT molecular complexity index is 1350. The van der Waals surface area contributed by atoms with E-state index in [9.17, 15) is 13.6 Å². The Morgan fingerprint density at radius 2 is 1.94 bits per heavy atom. The number of fused-ring (bicyclic) bond motifs is 2. The standard InChI is InChI=1S/C24H24F2N6O2/c1-13-14(2)24(30-32-21(33)8-20(22(25)26)29-23(13)32)31-5-4-19-17(12-31)6-15(10-28-19)16-7-18(34-3)11-27-9-16/h6-11,22,24,30H,4-5,12H2,1-3H3. The number of nitrogens with zero attached hydrogens (tertiary/aromatic N) is 5. The Morgan fingerprint density at radius 3 is 2.71 bits per heavy atom. The maximum Gasteiger partial charge on any atom is 0.280 e. The highest BCUT2D eigenvalue weighted by atomic mass is 19.3. The third kappa shape index (κ3) is 3.83. The summed E-state index contributed by atoms with van der Waals surface area (Å²) >= 11 is 0. The minimum absolute atomic E-state index is 0.225. The van der Waals surface area contributed by atoms with Gasteiger partial charge in [-0.1, -0.05) is 0 Å². The number of hydrogen-bond acceptors (Lipinski definition) is 7. The largest absolute Gasteiger partial charge is 0.495 e. The van der Waals surface area contributed by atoms with Gasteiger partial charge in [0.05, 0.1) is 13.3 Å². The van der Waals surface area contributed by atoms with Gasteiger partial charge in [0.25, 0.3) is 12.0 Å². The zero-order chi connectivity index (χ0) is 24.0. The summed E-state index contributed by atoms with van der Waals surface area (Å²) in [4.78, 5) is 27.7. The normalized spacial score (nSPS) is 17.9. The van der Waals surface area contributed by atoms with E-state index in [1.807, 2.05) is 26.1 Å². The summed E-state index contributed by atoms with van der Waals surface area (Å²) in [5.41, 5.74) is 7.75. The second kappa shape index (κ2) is 8.60. The molecule has 176 valence electrons. The van der Waals surface area contributed by atoms with E-state index >= 15 is 0 Å². The molecule has 2 aliphatic heterocycles. The molecule has 1 atom stereocenters. The molecule has 34 heavy (non-hydrogen) atoms. The third-order valence-corrected chi connectivity index (χ3v) is 6.47. The predicted octanol–water partition coefficient (Wildman–Crippen LogP) is 3.38. The first-order chi connectivity index (χ1) is 16.4. The minimum atomic E-state index is -2.80. The monoisotopic (exact) mass is 466 g/mol. The van der Waals surface area contributed by atoms with Crippen molar-refractivity contribution in [1.29, 1.82) is 0 Å². The lowest BCUT2D eigenvalue weighted by atomic mass is 9.98. The van der Waals surface area contributed by atoms with Crippen LogP contribution in [0.1, 0.15) is 43.0 Å². The van der Waals surface area contributed by atoms with Gasteiger partial charge in [-0.3, -0.25) is 25.1 Å². The number of pyridine rings is 2. The molecule has 0 saturated carbocycles. The predicted molar refractivity (Wildman–Crippen MR) is 123 cm³/mol. The number of hydrogen-bond donors (Lipinski definition) is 1. The summed E-state index contributed by atoms with van der Waals surface area (Å²) in [6.45, 7) is 5.09. The van der Waals surface area contributed by atoms with Crippen LogP contribution >= 0.6 is 0 Å². The molecule has 5 rings (SSSR count). The summed E-state index contributed by atoms with van der Waals surface area (Å²) in [7, 11) is 1.60. The molecule has 0 radical (unpaired) electrons. The molecule has 1 unspecified atom stereocenters. The molecule has 0 saturated heterocycles. The fraction of sp³-hybridized carbons (Fsp3) is 0.333. The number of alkyl halides is 2. The van der Waals surface area contributed by atoms with E-state index in [-0.39, 0.29) is 12.0 Å². The molecular weight excluding hydrogens is 442 g/mol. The van der Waals surface area contributed by atoms with Crippen LogP contribution < -0.4 is 15.7 Å². The molecular formula is C24H24F2N6O2. The van der Waals surface area contributed by atoms with Crippen molar-refractivity contribution in [2.75, 3.05) is 19.1 Å². The van der Waals surface area contributed by atoms with E-state index in [4.69, 9.17) is 4.74 Å². The lowest BCUT2D eigenvalue weighted by molar-refractivity contribution is 0.145. The molecule has 5 heterocycles. The number of allylic oxidation sites excluding steroid dienone is 1. The second-order valence-corrected chi connectivity index (χ2v) is 8.48. The molecule has 2 aliphatic rings. The molecule has 0 fully saturated rings. The second-order valence-electron chi connectivity index (χ2n) is 8.48. The van der Waals surface area contributed by atoms with Gasteiger partial charge in [-0.05, 0) is 42.7 Å². The zero-order valence-electron chi connectivity index (χ0n) is 19.0. The maximum absolute atomic E-state index is 13.2. The zero-order valence-corrected chi connectivity index (χ0v) is 19.0. The van der Waals surface area contributed by atoms with Gasteiger partial charge in [0.15, 0.2) is 5.82 Å². The van der Waals surface area contributed by atoms with Crippen LogP contribution in [0.5, 0.6) is 5.75 Å². The van der Waals surface area contributed by atoms with Crippen molar-refractivity contribution in [3.8, 4) is 16.9 Å². The highest BCUT2D eigenvalue weighted by Crippen LogP contribution is 2.31. The number of methoxy groups -OCH3 is 1.